The molecule has 1 aromatic rings. The number of hydrogen-bond acceptors (Lipinski definition) is 3. The maximum absolute atomic E-state index is 5.64. The van der Waals surface area contributed by atoms with Crippen molar-refractivity contribution >= 4 is 29.2 Å². The predicted molar refractivity (Wildman–Crippen MR) is 50.7 cm³/mol. The number of rotatable bonds is 3. The van der Waals surface area contributed by atoms with Crippen molar-refractivity contribution in [3.63, 3.8) is 0 Å². The second kappa shape index (κ2) is 4.28. The normalized spacial score (nSPS) is 9.50. The van der Waals surface area contributed by atoms with E-state index in [9.17, 15) is 0 Å². The standard InChI is InChI=1S/C7H7Cl2N3/c1-2-3-10-7-11-4-5(8)6(9)12-7/h2,4H,1,3H2,(H,10,11,12). The van der Waals surface area contributed by atoms with Crippen LogP contribution in [0, 0.1) is 0 Å². The largest absolute Gasteiger partial charge is 0.351 e. The quantitative estimate of drug-likeness (QED) is 0.606. The monoisotopic (exact) mass is 203 g/mol. The third kappa shape index (κ3) is 2.36. The predicted octanol–water partition coefficient (Wildman–Crippen LogP) is 2.38. The van der Waals surface area contributed by atoms with Crippen LogP contribution in [-0.2, 0) is 0 Å². The Labute approximate surface area is 80.4 Å². The van der Waals surface area contributed by atoms with Crippen LogP contribution in [0.5, 0.6) is 0 Å². The number of anilines is 1. The zero-order valence-electron chi connectivity index (χ0n) is 6.22. The summed E-state index contributed by atoms with van der Waals surface area (Å²) in [6, 6.07) is 0. The highest BCUT2D eigenvalue weighted by Crippen LogP contribution is 2.18. The van der Waals surface area contributed by atoms with Crippen LogP contribution in [0.25, 0.3) is 0 Å². The summed E-state index contributed by atoms with van der Waals surface area (Å²) >= 11 is 11.3. The summed E-state index contributed by atoms with van der Waals surface area (Å²) in [5.74, 6) is 0.448. The Balaban J connectivity index is 2.75. The second-order valence-electron chi connectivity index (χ2n) is 2.00. The van der Waals surface area contributed by atoms with Crippen molar-refractivity contribution in [2.24, 2.45) is 0 Å². The van der Waals surface area contributed by atoms with E-state index in [0.29, 0.717) is 17.5 Å². The van der Waals surface area contributed by atoms with E-state index in [1.54, 1.807) is 6.08 Å². The third-order valence-corrected chi connectivity index (χ3v) is 1.77. The van der Waals surface area contributed by atoms with Crippen molar-refractivity contribution in [2.75, 3.05) is 11.9 Å². The van der Waals surface area contributed by atoms with Crippen molar-refractivity contribution in [3.8, 4) is 0 Å². The van der Waals surface area contributed by atoms with E-state index in [0.717, 1.165) is 0 Å². The number of halogens is 2. The molecule has 0 fully saturated rings. The first-order valence-electron chi connectivity index (χ1n) is 3.27. The fourth-order valence-electron chi connectivity index (χ4n) is 0.595. The van der Waals surface area contributed by atoms with Gasteiger partial charge in [-0.1, -0.05) is 29.3 Å². The molecule has 12 heavy (non-hydrogen) atoms. The summed E-state index contributed by atoms with van der Waals surface area (Å²) in [5.41, 5.74) is 0. The first kappa shape index (κ1) is 9.29. The Bertz CT molecular complexity index is 288. The molecule has 1 rings (SSSR count). The molecule has 64 valence electrons. The molecule has 5 heteroatoms. The molecule has 1 aromatic heterocycles. The van der Waals surface area contributed by atoms with Crippen molar-refractivity contribution in [1.29, 1.82) is 0 Å². The van der Waals surface area contributed by atoms with E-state index in [1.165, 1.54) is 6.20 Å². The van der Waals surface area contributed by atoms with E-state index < -0.39 is 0 Å². The molecule has 0 aliphatic heterocycles. The Kier molecular flexibility index (Phi) is 3.31. The van der Waals surface area contributed by atoms with Crippen LogP contribution < -0.4 is 5.32 Å². The molecule has 0 aliphatic carbocycles. The molecular formula is C7H7Cl2N3. The first-order chi connectivity index (χ1) is 5.74. The summed E-state index contributed by atoms with van der Waals surface area (Å²) in [6.07, 6.45) is 3.15. The lowest BCUT2D eigenvalue weighted by atomic mass is 10.6. The van der Waals surface area contributed by atoms with Gasteiger partial charge >= 0.3 is 0 Å². The van der Waals surface area contributed by atoms with Crippen molar-refractivity contribution in [1.82, 2.24) is 9.97 Å². The van der Waals surface area contributed by atoms with Gasteiger partial charge in [0.15, 0.2) is 5.15 Å². The number of hydrogen-bond donors (Lipinski definition) is 1. The molecule has 0 saturated carbocycles. The van der Waals surface area contributed by atoms with Gasteiger partial charge in [-0.2, -0.15) is 4.98 Å². The van der Waals surface area contributed by atoms with Gasteiger partial charge in [-0.3, -0.25) is 0 Å². The summed E-state index contributed by atoms with van der Waals surface area (Å²) in [4.78, 5) is 7.76. The van der Waals surface area contributed by atoms with Gasteiger partial charge in [-0.05, 0) is 0 Å². The van der Waals surface area contributed by atoms with Gasteiger partial charge in [-0.15, -0.1) is 6.58 Å². The molecule has 0 spiro atoms. The fraction of sp³-hybridized carbons (Fsp3) is 0.143. The summed E-state index contributed by atoms with van der Waals surface area (Å²) in [6.45, 7) is 4.13. The Hall–Kier alpha value is -0.800. The van der Waals surface area contributed by atoms with Crippen LogP contribution in [-0.4, -0.2) is 16.5 Å². The minimum absolute atomic E-state index is 0.248. The van der Waals surface area contributed by atoms with Gasteiger partial charge in [0.05, 0.1) is 11.2 Å². The number of nitrogens with one attached hydrogen (secondary N) is 1. The minimum Gasteiger partial charge on any atom is -0.351 e. The van der Waals surface area contributed by atoms with Crippen LogP contribution >= 0.6 is 23.2 Å². The highest BCUT2D eigenvalue weighted by Gasteiger charge is 2.00. The number of nitrogens with zero attached hydrogens (tertiary/aromatic N) is 2. The Morgan fingerprint density at radius 1 is 1.58 bits per heavy atom. The molecule has 0 saturated heterocycles. The third-order valence-electron chi connectivity index (χ3n) is 1.11. The van der Waals surface area contributed by atoms with Crippen LogP contribution in [0.4, 0.5) is 5.95 Å². The number of aromatic nitrogens is 2. The average Bonchev–Trinajstić information content (AvgIpc) is 2.07. The van der Waals surface area contributed by atoms with Gasteiger partial charge in [0.1, 0.15) is 0 Å². The van der Waals surface area contributed by atoms with E-state index in [4.69, 9.17) is 23.2 Å². The van der Waals surface area contributed by atoms with E-state index in [-0.39, 0.29) is 5.15 Å². The maximum Gasteiger partial charge on any atom is 0.224 e. The SMILES string of the molecule is C=CCNc1ncc(Cl)c(Cl)n1. The first-order valence-corrected chi connectivity index (χ1v) is 4.02. The van der Waals surface area contributed by atoms with Crippen LogP contribution in [0.3, 0.4) is 0 Å². The molecule has 0 aromatic carbocycles. The molecule has 0 atom stereocenters. The molecule has 0 radical (unpaired) electrons. The Morgan fingerprint density at radius 2 is 2.33 bits per heavy atom. The van der Waals surface area contributed by atoms with Crippen LogP contribution in [0.2, 0.25) is 10.2 Å². The van der Waals surface area contributed by atoms with E-state index in [1.807, 2.05) is 0 Å². The van der Waals surface area contributed by atoms with Crippen molar-refractivity contribution in [2.45, 2.75) is 0 Å². The molecule has 0 unspecified atom stereocenters. The summed E-state index contributed by atoms with van der Waals surface area (Å²) < 4.78 is 0. The van der Waals surface area contributed by atoms with Gasteiger partial charge < -0.3 is 5.32 Å². The molecule has 3 nitrogen and oxygen atoms in total. The van der Waals surface area contributed by atoms with Crippen LogP contribution in [0.1, 0.15) is 0 Å². The minimum atomic E-state index is 0.248. The van der Waals surface area contributed by atoms with Gasteiger partial charge in [-0.25, -0.2) is 4.98 Å². The average molecular weight is 204 g/mol. The molecule has 1 heterocycles. The smallest absolute Gasteiger partial charge is 0.224 e. The summed E-state index contributed by atoms with van der Waals surface area (Å²) in [5, 5.41) is 3.48. The van der Waals surface area contributed by atoms with Crippen LogP contribution in [0.15, 0.2) is 18.9 Å². The van der Waals surface area contributed by atoms with Crippen molar-refractivity contribution in [3.05, 3.63) is 29.0 Å². The lowest BCUT2D eigenvalue weighted by Crippen LogP contribution is -2.02. The molecule has 0 amide bonds. The van der Waals surface area contributed by atoms with Crippen molar-refractivity contribution < 1.29 is 0 Å². The molecular weight excluding hydrogens is 197 g/mol. The van der Waals surface area contributed by atoms with E-state index in [2.05, 4.69) is 21.9 Å². The maximum atomic E-state index is 5.64. The summed E-state index contributed by atoms with van der Waals surface area (Å²) in [7, 11) is 0. The molecule has 1 N–H and O–H groups in total. The highest BCUT2D eigenvalue weighted by molar-refractivity contribution is 6.41. The topological polar surface area (TPSA) is 37.8 Å². The van der Waals surface area contributed by atoms with Gasteiger partial charge in [0.25, 0.3) is 0 Å². The highest BCUT2D eigenvalue weighted by atomic mass is 35.5. The second-order valence-corrected chi connectivity index (χ2v) is 2.77. The van der Waals surface area contributed by atoms with Gasteiger partial charge in [0.2, 0.25) is 5.95 Å². The molecule has 0 bridgehead atoms. The molecule has 0 aliphatic rings. The van der Waals surface area contributed by atoms with E-state index >= 15 is 0 Å². The Morgan fingerprint density at radius 3 is 2.92 bits per heavy atom. The zero-order valence-corrected chi connectivity index (χ0v) is 7.73. The zero-order chi connectivity index (χ0) is 8.97. The lowest BCUT2D eigenvalue weighted by molar-refractivity contribution is 1.12. The lowest BCUT2D eigenvalue weighted by Gasteiger charge is -2.01. The van der Waals surface area contributed by atoms with Gasteiger partial charge in [0, 0.05) is 6.54 Å². The fourth-order valence-corrected chi connectivity index (χ4v) is 0.815.